The van der Waals surface area contributed by atoms with E-state index < -0.39 is 0 Å². The van der Waals surface area contributed by atoms with Crippen LogP contribution in [0.3, 0.4) is 0 Å². The molecule has 2 aliphatic rings. The number of hydrogen-bond donors (Lipinski definition) is 1. The molecule has 116 valence electrons. The van der Waals surface area contributed by atoms with Gasteiger partial charge in [-0.3, -0.25) is 0 Å². The SMILES string of the molecule is Clc1cc(Cl)cc(N2CCCNC(C3CCCCC3)C2)c1. The van der Waals surface area contributed by atoms with Crippen molar-refractivity contribution in [2.45, 2.75) is 44.6 Å². The van der Waals surface area contributed by atoms with Crippen LogP contribution in [0.25, 0.3) is 0 Å². The number of hydrogen-bond acceptors (Lipinski definition) is 2. The number of nitrogens with one attached hydrogen (secondary N) is 1. The van der Waals surface area contributed by atoms with Gasteiger partial charge in [-0.25, -0.2) is 0 Å². The Bertz CT molecular complexity index is 452. The van der Waals surface area contributed by atoms with Gasteiger partial charge in [0.05, 0.1) is 0 Å². The highest BCUT2D eigenvalue weighted by Crippen LogP contribution is 2.30. The van der Waals surface area contributed by atoms with Crippen molar-refractivity contribution in [3.05, 3.63) is 28.2 Å². The number of benzene rings is 1. The molecule has 2 nitrogen and oxygen atoms in total. The first-order chi connectivity index (χ1) is 10.2. The minimum absolute atomic E-state index is 0.602. The summed E-state index contributed by atoms with van der Waals surface area (Å²) in [6.07, 6.45) is 8.13. The van der Waals surface area contributed by atoms with E-state index in [1.165, 1.54) is 38.5 Å². The van der Waals surface area contributed by atoms with E-state index in [0.29, 0.717) is 6.04 Å². The summed E-state index contributed by atoms with van der Waals surface area (Å²) in [5.41, 5.74) is 1.16. The van der Waals surface area contributed by atoms with Crippen LogP contribution in [0.5, 0.6) is 0 Å². The molecule has 1 aromatic carbocycles. The third-order valence-corrected chi connectivity index (χ3v) is 5.30. The highest BCUT2D eigenvalue weighted by atomic mass is 35.5. The van der Waals surface area contributed by atoms with Crippen LogP contribution in [0.1, 0.15) is 38.5 Å². The summed E-state index contributed by atoms with van der Waals surface area (Å²) >= 11 is 12.3. The fraction of sp³-hybridized carbons (Fsp3) is 0.647. The number of nitrogens with zero attached hydrogens (tertiary/aromatic N) is 1. The molecule has 1 heterocycles. The molecule has 1 aliphatic heterocycles. The Hall–Kier alpha value is -0.440. The molecule has 1 saturated heterocycles. The van der Waals surface area contributed by atoms with Gasteiger partial charge < -0.3 is 10.2 Å². The summed E-state index contributed by atoms with van der Waals surface area (Å²) in [7, 11) is 0. The van der Waals surface area contributed by atoms with Crippen molar-refractivity contribution < 1.29 is 0 Å². The van der Waals surface area contributed by atoms with Gasteiger partial charge in [0.2, 0.25) is 0 Å². The van der Waals surface area contributed by atoms with Crippen LogP contribution in [0.2, 0.25) is 10.0 Å². The molecule has 0 amide bonds. The molecular weight excluding hydrogens is 303 g/mol. The zero-order valence-electron chi connectivity index (χ0n) is 12.5. The molecule has 0 aromatic heterocycles. The molecule has 3 rings (SSSR count). The van der Waals surface area contributed by atoms with Gasteiger partial charge in [0.1, 0.15) is 0 Å². The van der Waals surface area contributed by atoms with Crippen molar-refractivity contribution in [3.63, 3.8) is 0 Å². The second kappa shape index (κ2) is 7.21. The Morgan fingerprint density at radius 3 is 2.38 bits per heavy atom. The quantitative estimate of drug-likeness (QED) is 0.844. The predicted molar refractivity (Wildman–Crippen MR) is 91.7 cm³/mol. The third-order valence-electron chi connectivity index (χ3n) is 4.86. The third kappa shape index (κ3) is 4.06. The van der Waals surface area contributed by atoms with Crippen LogP contribution < -0.4 is 10.2 Å². The van der Waals surface area contributed by atoms with Crippen molar-refractivity contribution in [1.82, 2.24) is 5.32 Å². The molecule has 4 heteroatoms. The highest BCUT2D eigenvalue weighted by Gasteiger charge is 2.27. The fourth-order valence-electron chi connectivity index (χ4n) is 3.76. The lowest BCUT2D eigenvalue weighted by Crippen LogP contribution is -2.43. The molecular formula is C17H24Cl2N2. The molecule has 1 atom stereocenters. The molecule has 0 radical (unpaired) electrons. The summed E-state index contributed by atoms with van der Waals surface area (Å²) in [5.74, 6) is 0.828. The standard InChI is InChI=1S/C17H24Cl2N2/c18-14-9-15(19)11-16(10-14)21-8-4-7-20-17(12-21)13-5-2-1-3-6-13/h9-11,13,17,20H,1-8,12H2. The summed E-state index contributed by atoms with van der Waals surface area (Å²) in [6.45, 7) is 3.26. The van der Waals surface area contributed by atoms with Crippen molar-refractivity contribution in [2.75, 3.05) is 24.5 Å². The van der Waals surface area contributed by atoms with Crippen molar-refractivity contribution in [3.8, 4) is 0 Å². The average Bonchev–Trinajstić information content (AvgIpc) is 2.73. The molecule has 21 heavy (non-hydrogen) atoms. The Kier molecular flexibility index (Phi) is 5.31. The Morgan fingerprint density at radius 2 is 1.67 bits per heavy atom. The van der Waals surface area contributed by atoms with E-state index in [-0.39, 0.29) is 0 Å². The Balaban J connectivity index is 1.74. The Labute approximate surface area is 137 Å². The first-order valence-electron chi connectivity index (χ1n) is 8.17. The van der Waals surface area contributed by atoms with Gasteiger partial charge in [0.15, 0.2) is 0 Å². The number of rotatable bonds is 2. The van der Waals surface area contributed by atoms with Crippen LogP contribution in [0, 0.1) is 5.92 Å². The molecule has 2 fully saturated rings. The summed E-state index contributed by atoms with van der Waals surface area (Å²) in [4.78, 5) is 2.46. The van der Waals surface area contributed by atoms with E-state index in [1.54, 1.807) is 6.07 Å². The lowest BCUT2D eigenvalue weighted by Gasteiger charge is -2.33. The Morgan fingerprint density at radius 1 is 0.952 bits per heavy atom. The normalized spacial score (nSPS) is 24.9. The average molecular weight is 327 g/mol. The minimum atomic E-state index is 0.602. The summed E-state index contributed by atoms with van der Waals surface area (Å²) in [5, 5.41) is 5.22. The van der Waals surface area contributed by atoms with E-state index in [0.717, 1.165) is 41.3 Å². The molecule has 0 spiro atoms. The molecule has 1 aromatic rings. The lowest BCUT2D eigenvalue weighted by molar-refractivity contribution is 0.277. The minimum Gasteiger partial charge on any atom is -0.370 e. The second-order valence-corrected chi connectivity index (χ2v) is 7.26. The van der Waals surface area contributed by atoms with Crippen LogP contribution in [0.15, 0.2) is 18.2 Å². The zero-order chi connectivity index (χ0) is 14.7. The van der Waals surface area contributed by atoms with Crippen molar-refractivity contribution in [2.24, 2.45) is 5.92 Å². The van der Waals surface area contributed by atoms with Crippen LogP contribution in [-0.2, 0) is 0 Å². The summed E-state index contributed by atoms with van der Waals surface area (Å²) in [6, 6.07) is 6.49. The topological polar surface area (TPSA) is 15.3 Å². The predicted octanol–water partition coefficient (Wildman–Crippen LogP) is 4.74. The van der Waals surface area contributed by atoms with Gasteiger partial charge in [-0.1, -0.05) is 42.5 Å². The van der Waals surface area contributed by atoms with Crippen LogP contribution >= 0.6 is 23.2 Å². The van der Waals surface area contributed by atoms with Gasteiger partial charge in [0.25, 0.3) is 0 Å². The van der Waals surface area contributed by atoms with Crippen LogP contribution in [0.4, 0.5) is 5.69 Å². The van der Waals surface area contributed by atoms with Gasteiger partial charge in [0, 0.05) is 34.9 Å². The molecule has 0 bridgehead atoms. The number of anilines is 1. The van der Waals surface area contributed by atoms with E-state index in [1.807, 2.05) is 12.1 Å². The van der Waals surface area contributed by atoms with Crippen LogP contribution in [-0.4, -0.2) is 25.7 Å². The maximum absolute atomic E-state index is 6.17. The highest BCUT2D eigenvalue weighted by molar-refractivity contribution is 6.35. The molecule has 1 aliphatic carbocycles. The van der Waals surface area contributed by atoms with E-state index in [4.69, 9.17) is 23.2 Å². The molecule has 1 unspecified atom stereocenters. The fourth-order valence-corrected chi connectivity index (χ4v) is 4.27. The van der Waals surface area contributed by atoms with E-state index in [9.17, 15) is 0 Å². The molecule has 1 N–H and O–H groups in total. The van der Waals surface area contributed by atoms with Crippen molar-refractivity contribution in [1.29, 1.82) is 0 Å². The van der Waals surface area contributed by atoms with Gasteiger partial charge in [-0.15, -0.1) is 0 Å². The summed E-state index contributed by atoms with van der Waals surface area (Å²) < 4.78 is 0. The van der Waals surface area contributed by atoms with Gasteiger partial charge in [-0.2, -0.15) is 0 Å². The smallest absolute Gasteiger partial charge is 0.0441 e. The zero-order valence-corrected chi connectivity index (χ0v) is 14.0. The largest absolute Gasteiger partial charge is 0.370 e. The maximum atomic E-state index is 6.17. The van der Waals surface area contributed by atoms with E-state index in [2.05, 4.69) is 10.2 Å². The molecule has 1 saturated carbocycles. The lowest BCUT2D eigenvalue weighted by atomic mass is 9.83. The van der Waals surface area contributed by atoms with Crippen molar-refractivity contribution >= 4 is 28.9 Å². The second-order valence-electron chi connectivity index (χ2n) is 6.39. The first kappa shape index (κ1) is 15.5. The maximum Gasteiger partial charge on any atom is 0.0441 e. The van der Waals surface area contributed by atoms with Gasteiger partial charge >= 0.3 is 0 Å². The first-order valence-corrected chi connectivity index (χ1v) is 8.92. The van der Waals surface area contributed by atoms with Gasteiger partial charge in [-0.05, 0) is 49.9 Å². The number of halogens is 2. The van der Waals surface area contributed by atoms with E-state index >= 15 is 0 Å². The monoisotopic (exact) mass is 326 g/mol.